The van der Waals surface area contributed by atoms with E-state index in [2.05, 4.69) is 31.4 Å². The van der Waals surface area contributed by atoms with Crippen molar-refractivity contribution in [3.63, 3.8) is 0 Å². The number of β-amino-alcohol motifs (C(OH)–C–C–N with tert-alkyl or cyclic N) is 1. The van der Waals surface area contributed by atoms with Crippen LogP contribution in [0.2, 0.25) is 10.0 Å². The van der Waals surface area contributed by atoms with Crippen LogP contribution in [0.25, 0.3) is 5.65 Å². The Morgan fingerprint density at radius 2 is 2.06 bits per heavy atom. The number of piperidine rings is 1. The predicted octanol–water partition coefficient (Wildman–Crippen LogP) is 4.35. The van der Waals surface area contributed by atoms with Crippen LogP contribution in [0.15, 0.2) is 36.7 Å². The Morgan fingerprint density at radius 1 is 1.21 bits per heavy atom. The van der Waals surface area contributed by atoms with Gasteiger partial charge in [0.25, 0.3) is 0 Å². The number of benzene rings is 1. The van der Waals surface area contributed by atoms with E-state index in [0.29, 0.717) is 21.9 Å². The Kier molecular flexibility index (Phi) is 6.65. The average molecular weight is 489 g/mol. The second-order valence-corrected chi connectivity index (χ2v) is 10.0. The molecule has 0 radical (unpaired) electrons. The van der Waals surface area contributed by atoms with Crippen LogP contribution in [-0.2, 0) is 0 Å². The molecule has 0 aliphatic carbocycles. The molecule has 0 saturated carbocycles. The zero-order valence-electron chi connectivity index (χ0n) is 18.8. The van der Waals surface area contributed by atoms with E-state index < -0.39 is 0 Å². The molecule has 2 N–H and O–H groups in total. The van der Waals surface area contributed by atoms with Gasteiger partial charge in [0, 0.05) is 48.6 Å². The number of aliphatic hydroxyl groups is 1. The third-order valence-corrected chi connectivity index (χ3v) is 7.55. The van der Waals surface area contributed by atoms with Crippen molar-refractivity contribution in [2.75, 3.05) is 49.5 Å². The van der Waals surface area contributed by atoms with Crippen LogP contribution in [0.3, 0.4) is 0 Å². The van der Waals surface area contributed by atoms with Crippen molar-refractivity contribution in [3.05, 3.63) is 52.3 Å². The molecule has 0 amide bonds. The molecule has 1 aromatic carbocycles. The first-order valence-corrected chi connectivity index (χ1v) is 12.4. The molecule has 2 fully saturated rings. The molecule has 2 atom stereocenters. The average Bonchev–Trinajstić information content (AvgIpc) is 3.11. The van der Waals surface area contributed by atoms with Gasteiger partial charge in [-0.1, -0.05) is 29.3 Å². The van der Waals surface area contributed by atoms with Gasteiger partial charge < -0.3 is 20.2 Å². The molecule has 2 aromatic heterocycles. The Hall–Kier alpha value is -2.06. The summed E-state index contributed by atoms with van der Waals surface area (Å²) in [5.41, 5.74) is 1.77. The Balaban J connectivity index is 1.31. The highest BCUT2D eigenvalue weighted by molar-refractivity contribution is 6.35. The van der Waals surface area contributed by atoms with Crippen LogP contribution < -0.4 is 10.2 Å². The van der Waals surface area contributed by atoms with E-state index in [1.165, 1.54) is 12.8 Å². The third kappa shape index (κ3) is 4.64. The summed E-state index contributed by atoms with van der Waals surface area (Å²) in [6.07, 6.45) is 6.31. The number of aromatic nitrogens is 3. The van der Waals surface area contributed by atoms with Gasteiger partial charge in [-0.05, 0) is 61.9 Å². The summed E-state index contributed by atoms with van der Waals surface area (Å²) < 4.78 is 2.06. The van der Waals surface area contributed by atoms with Crippen molar-refractivity contribution in [3.8, 4) is 0 Å². The Labute approximate surface area is 204 Å². The topological polar surface area (TPSA) is 68.9 Å². The number of rotatable bonds is 7. The number of aliphatic hydroxyl groups excluding tert-OH is 1. The van der Waals surface area contributed by atoms with Crippen LogP contribution >= 0.6 is 23.2 Å². The molecule has 2 saturated heterocycles. The minimum atomic E-state index is -0.0489. The van der Waals surface area contributed by atoms with Crippen LogP contribution in [0.5, 0.6) is 0 Å². The molecular formula is C24H30Cl2N6O. The summed E-state index contributed by atoms with van der Waals surface area (Å²) in [6, 6.07) is 7.44. The van der Waals surface area contributed by atoms with E-state index in [4.69, 9.17) is 28.2 Å². The maximum absolute atomic E-state index is 9.28. The van der Waals surface area contributed by atoms with Gasteiger partial charge in [-0.15, -0.1) is 0 Å². The molecule has 3 aromatic rings. The summed E-state index contributed by atoms with van der Waals surface area (Å²) in [6.45, 7) is 7.29. The predicted molar refractivity (Wildman–Crippen MR) is 133 cm³/mol. The Morgan fingerprint density at radius 3 is 2.85 bits per heavy atom. The molecule has 5 rings (SSSR count). The van der Waals surface area contributed by atoms with Gasteiger partial charge in [-0.2, -0.15) is 4.98 Å². The van der Waals surface area contributed by atoms with Crippen molar-refractivity contribution in [1.29, 1.82) is 0 Å². The van der Waals surface area contributed by atoms with Crippen molar-refractivity contribution in [2.24, 2.45) is 11.8 Å². The lowest BCUT2D eigenvalue weighted by Crippen LogP contribution is -2.54. The minimum absolute atomic E-state index is 0.0489. The van der Waals surface area contributed by atoms with E-state index in [9.17, 15) is 5.11 Å². The molecule has 176 valence electrons. The van der Waals surface area contributed by atoms with Crippen molar-refractivity contribution < 1.29 is 5.11 Å². The number of likely N-dealkylation sites (tertiary alicyclic amines) is 1. The smallest absolute Gasteiger partial charge is 0.213 e. The second-order valence-electron chi connectivity index (χ2n) is 9.20. The van der Waals surface area contributed by atoms with E-state index >= 15 is 0 Å². The molecule has 7 nitrogen and oxygen atoms in total. The highest BCUT2D eigenvalue weighted by Crippen LogP contribution is 2.36. The number of halogens is 2. The minimum Gasteiger partial charge on any atom is -0.395 e. The zero-order valence-corrected chi connectivity index (χ0v) is 20.3. The molecule has 0 spiro atoms. The molecule has 0 bridgehead atoms. The number of fused-ring (bicyclic) bond motifs is 1. The summed E-state index contributed by atoms with van der Waals surface area (Å²) in [7, 11) is 0. The van der Waals surface area contributed by atoms with Crippen LogP contribution in [0, 0.1) is 11.8 Å². The van der Waals surface area contributed by atoms with Crippen LogP contribution in [0.4, 0.5) is 11.8 Å². The van der Waals surface area contributed by atoms with Crippen molar-refractivity contribution in [2.45, 2.75) is 25.8 Å². The first-order chi connectivity index (χ1) is 16.0. The lowest BCUT2D eigenvalue weighted by atomic mass is 9.81. The first-order valence-electron chi connectivity index (χ1n) is 11.7. The van der Waals surface area contributed by atoms with Gasteiger partial charge in [0.15, 0.2) is 11.5 Å². The monoisotopic (exact) mass is 488 g/mol. The van der Waals surface area contributed by atoms with Crippen molar-refractivity contribution in [1.82, 2.24) is 19.3 Å². The molecular weight excluding hydrogens is 459 g/mol. The molecule has 33 heavy (non-hydrogen) atoms. The number of hydrogen-bond acceptors (Lipinski definition) is 6. The fraction of sp³-hybridized carbons (Fsp3) is 0.500. The number of nitrogens with zero attached hydrogens (tertiary/aromatic N) is 5. The fourth-order valence-corrected chi connectivity index (χ4v) is 5.73. The van der Waals surface area contributed by atoms with Gasteiger partial charge in [0.1, 0.15) is 0 Å². The lowest BCUT2D eigenvalue weighted by Gasteiger charge is -2.46. The van der Waals surface area contributed by atoms with E-state index in [1.54, 1.807) is 12.3 Å². The third-order valence-electron chi connectivity index (χ3n) is 6.99. The Bertz CT molecular complexity index is 1110. The number of nitrogens with one attached hydrogen (secondary N) is 1. The molecule has 0 unspecified atom stereocenters. The number of hydrogen-bond donors (Lipinski definition) is 2. The van der Waals surface area contributed by atoms with E-state index in [0.717, 1.165) is 55.7 Å². The number of imidazole rings is 1. The first kappa shape index (κ1) is 22.7. The SMILES string of the molecule is C[C@@H](Nc1nc(N2CC([C@H]3CCCN(CCO)C3)C2)n2cccnc12)c1ccc(Cl)cc1Cl. The van der Waals surface area contributed by atoms with E-state index in [1.807, 2.05) is 24.4 Å². The maximum Gasteiger partial charge on any atom is 0.213 e. The molecule has 2 aliphatic heterocycles. The summed E-state index contributed by atoms with van der Waals surface area (Å²) in [5, 5.41) is 14.0. The zero-order chi connectivity index (χ0) is 22.9. The van der Waals surface area contributed by atoms with Gasteiger partial charge in [-0.3, -0.25) is 4.40 Å². The van der Waals surface area contributed by atoms with Gasteiger partial charge in [0.2, 0.25) is 5.95 Å². The fourth-order valence-electron chi connectivity index (χ4n) is 5.16. The van der Waals surface area contributed by atoms with Crippen molar-refractivity contribution >= 4 is 40.6 Å². The standard InChI is InChI=1S/C24H30Cl2N6O/c1-16(20-6-5-19(25)12-21(20)26)28-22-23-27-7-3-9-32(23)24(29-22)31-14-18(15-31)17-4-2-8-30(13-17)10-11-33/h3,5-7,9,12,16-18,28,33H,2,4,8,10-11,13-15H2,1H3/t16-,17+/m1/s1. The molecule has 9 heteroatoms. The maximum atomic E-state index is 9.28. The van der Waals surface area contributed by atoms with E-state index in [-0.39, 0.29) is 12.6 Å². The highest BCUT2D eigenvalue weighted by atomic mass is 35.5. The van der Waals surface area contributed by atoms with Crippen LogP contribution in [-0.4, -0.2) is 63.7 Å². The molecule has 4 heterocycles. The van der Waals surface area contributed by atoms with Gasteiger partial charge in [-0.25, -0.2) is 4.98 Å². The second kappa shape index (κ2) is 9.66. The molecule has 2 aliphatic rings. The lowest BCUT2D eigenvalue weighted by molar-refractivity contribution is 0.101. The van der Waals surface area contributed by atoms with Crippen LogP contribution in [0.1, 0.15) is 31.4 Å². The summed E-state index contributed by atoms with van der Waals surface area (Å²) in [5.74, 6) is 3.03. The summed E-state index contributed by atoms with van der Waals surface area (Å²) >= 11 is 12.5. The largest absolute Gasteiger partial charge is 0.395 e. The van der Waals surface area contributed by atoms with Gasteiger partial charge >= 0.3 is 0 Å². The highest BCUT2D eigenvalue weighted by Gasteiger charge is 2.37. The van der Waals surface area contributed by atoms with Gasteiger partial charge in [0.05, 0.1) is 12.6 Å². The quantitative estimate of drug-likeness (QED) is 0.515. The normalized spacial score (nSPS) is 20.7. The summed E-state index contributed by atoms with van der Waals surface area (Å²) in [4.78, 5) is 14.3. The number of anilines is 2.